The summed E-state index contributed by atoms with van der Waals surface area (Å²) in [6.45, 7) is 4.16. The van der Waals surface area contributed by atoms with Crippen molar-refractivity contribution in [2.24, 2.45) is 0 Å². The number of carbonyl (C=O) groups is 1. The summed E-state index contributed by atoms with van der Waals surface area (Å²) in [6, 6.07) is 9.02. The number of ether oxygens (including phenoxy) is 1. The molecule has 1 aliphatic carbocycles. The first-order valence-corrected chi connectivity index (χ1v) is 9.80. The molecule has 0 atom stereocenters. The molecule has 1 fully saturated rings. The normalized spacial score (nSPS) is 13.4. The van der Waals surface area contributed by atoms with Crippen LogP contribution in [0, 0.1) is 6.92 Å². The summed E-state index contributed by atoms with van der Waals surface area (Å²) in [5.41, 5.74) is 3.09. The van der Waals surface area contributed by atoms with Gasteiger partial charge >= 0.3 is 5.97 Å². The highest BCUT2D eigenvalue weighted by atomic mass is 32.1. The first kappa shape index (κ1) is 17.6. The minimum Gasteiger partial charge on any atom is -0.462 e. The average Bonchev–Trinajstić information content (AvgIpc) is 3.44. The number of benzene rings is 1. The molecule has 2 aromatic heterocycles. The van der Waals surface area contributed by atoms with E-state index in [-0.39, 0.29) is 5.97 Å². The van der Waals surface area contributed by atoms with Crippen molar-refractivity contribution in [2.75, 3.05) is 11.9 Å². The minimum absolute atomic E-state index is 0.344. The van der Waals surface area contributed by atoms with Crippen molar-refractivity contribution in [1.82, 2.24) is 15.0 Å². The second-order valence-corrected chi connectivity index (χ2v) is 7.46. The molecule has 1 aromatic carbocycles. The number of anilines is 2. The lowest BCUT2D eigenvalue weighted by molar-refractivity contribution is 0.0526. The highest BCUT2D eigenvalue weighted by molar-refractivity contribution is 7.15. The van der Waals surface area contributed by atoms with Gasteiger partial charge in [0.05, 0.1) is 33.4 Å². The van der Waals surface area contributed by atoms with E-state index >= 15 is 0 Å². The number of carbonyl (C=O) groups excluding carboxylic acids is 1. The molecule has 0 bridgehead atoms. The van der Waals surface area contributed by atoms with Crippen LogP contribution in [0.25, 0.3) is 10.6 Å². The van der Waals surface area contributed by atoms with E-state index in [9.17, 15) is 4.79 Å². The van der Waals surface area contributed by atoms with Crippen molar-refractivity contribution in [3.8, 4) is 10.6 Å². The Bertz CT molecular complexity index is 982. The van der Waals surface area contributed by atoms with Gasteiger partial charge in [-0.1, -0.05) is 6.07 Å². The van der Waals surface area contributed by atoms with E-state index in [0.717, 1.165) is 22.0 Å². The number of thiazole rings is 1. The Morgan fingerprint density at radius 1 is 1.30 bits per heavy atom. The fourth-order valence-corrected chi connectivity index (χ4v) is 3.98. The Balaban J connectivity index is 1.56. The number of nitrogens with zero attached hydrogens (tertiary/aromatic N) is 3. The molecule has 0 amide bonds. The van der Waals surface area contributed by atoms with Gasteiger partial charge < -0.3 is 10.1 Å². The van der Waals surface area contributed by atoms with Crippen molar-refractivity contribution in [3.63, 3.8) is 0 Å². The predicted octanol–water partition coefficient (Wildman–Crippen LogP) is 4.71. The molecule has 0 radical (unpaired) electrons. The van der Waals surface area contributed by atoms with Gasteiger partial charge in [-0.25, -0.2) is 19.7 Å². The predicted molar refractivity (Wildman–Crippen MR) is 106 cm³/mol. The molecule has 1 saturated carbocycles. The number of esters is 1. The SMILES string of the molecule is CCOC(=O)c1cccc(Nc2nccc(-c3sc(C4CC4)nc3C)n2)c1. The minimum atomic E-state index is -0.344. The lowest BCUT2D eigenvalue weighted by atomic mass is 10.2. The Kier molecular flexibility index (Phi) is 4.85. The maximum Gasteiger partial charge on any atom is 0.338 e. The number of rotatable bonds is 6. The molecule has 0 aliphatic heterocycles. The van der Waals surface area contributed by atoms with Crippen molar-refractivity contribution >= 4 is 28.9 Å². The molecule has 0 saturated heterocycles. The van der Waals surface area contributed by atoms with Crippen LogP contribution in [0.1, 0.15) is 46.7 Å². The third kappa shape index (κ3) is 3.98. The van der Waals surface area contributed by atoms with Gasteiger partial charge in [-0.05, 0) is 51.0 Å². The molecule has 2 heterocycles. The molecule has 3 aromatic rings. The Morgan fingerprint density at radius 2 is 2.15 bits per heavy atom. The number of aryl methyl sites for hydroxylation is 1. The maximum absolute atomic E-state index is 11.9. The average molecular weight is 380 g/mol. The highest BCUT2D eigenvalue weighted by Gasteiger charge is 2.28. The second kappa shape index (κ2) is 7.44. The van der Waals surface area contributed by atoms with E-state index < -0.39 is 0 Å². The van der Waals surface area contributed by atoms with Crippen LogP contribution in [-0.2, 0) is 4.74 Å². The topological polar surface area (TPSA) is 77.0 Å². The molecule has 7 heteroatoms. The molecule has 4 rings (SSSR count). The Labute approximate surface area is 161 Å². The van der Waals surface area contributed by atoms with Gasteiger partial charge in [-0.2, -0.15) is 0 Å². The monoisotopic (exact) mass is 380 g/mol. The quantitative estimate of drug-likeness (QED) is 0.624. The van der Waals surface area contributed by atoms with E-state index in [1.54, 1.807) is 42.7 Å². The van der Waals surface area contributed by atoms with E-state index in [2.05, 4.69) is 15.3 Å². The third-order valence-corrected chi connectivity index (χ3v) is 5.60. The summed E-state index contributed by atoms with van der Waals surface area (Å²) in [7, 11) is 0. The molecule has 27 heavy (non-hydrogen) atoms. The lowest BCUT2D eigenvalue weighted by Gasteiger charge is -2.08. The van der Waals surface area contributed by atoms with E-state index in [4.69, 9.17) is 9.72 Å². The largest absolute Gasteiger partial charge is 0.462 e. The van der Waals surface area contributed by atoms with Crippen molar-refractivity contribution in [3.05, 3.63) is 52.8 Å². The summed E-state index contributed by atoms with van der Waals surface area (Å²) in [4.78, 5) is 26.6. The number of hydrogen-bond acceptors (Lipinski definition) is 7. The van der Waals surface area contributed by atoms with Crippen LogP contribution in [-0.4, -0.2) is 27.5 Å². The Morgan fingerprint density at radius 3 is 2.93 bits per heavy atom. The maximum atomic E-state index is 11.9. The molecule has 1 N–H and O–H groups in total. The van der Waals surface area contributed by atoms with Gasteiger partial charge in [0.25, 0.3) is 0 Å². The van der Waals surface area contributed by atoms with E-state index in [0.29, 0.717) is 24.0 Å². The second-order valence-electron chi connectivity index (χ2n) is 6.43. The van der Waals surface area contributed by atoms with Gasteiger partial charge in [0.1, 0.15) is 0 Å². The fourth-order valence-electron chi connectivity index (χ4n) is 2.77. The molecule has 6 nitrogen and oxygen atoms in total. The zero-order valence-electron chi connectivity index (χ0n) is 15.2. The smallest absolute Gasteiger partial charge is 0.338 e. The van der Waals surface area contributed by atoms with Gasteiger partial charge in [0.2, 0.25) is 5.95 Å². The summed E-state index contributed by atoms with van der Waals surface area (Å²) >= 11 is 1.72. The standard InChI is InChI=1S/C20H20N4O2S/c1-3-26-19(25)14-5-4-6-15(11-14)23-20-21-10-9-16(24-20)17-12(2)22-18(27-17)13-7-8-13/h4-6,9-11,13H,3,7-8H2,1-2H3,(H,21,23,24). The number of aromatic nitrogens is 3. The molecule has 0 spiro atoms. The van der Waals surface area contributed by atoms with Crippen LogP contribution in [0.15, 0.2) is 36.5 Å². The zero-order chi connectivity index (χ0) is 18.8. The summed E-state index contributed by atoms with van der Waals surface area (Å²) in [6.07, 6.45) is 4.20. The van der Waals surface area contributed by atoms with Gasteiger partial charge in [-0.15, -0.1) is 11.3 Å². The fraction of sp³-hybridized carbons (Fsp3) is 0.300. The molecular formula is C20H20N4O2S. The zero-order valence-corrected chi connectivity index (χ0v) is 16.0. The molecule has 138 valence electrons. The number of nitrogens with one attached hydrogen (secondary N) is 1. The van der Waals surface area contributed by atoms with Crippen molar-refractivity contribution in [2.45, 2.75) is 32.6 Å². The Hall–Kier alpha value is -2.80. The molecule has 1 aliphatic rings. The van der Waals surface area contributed by atoms with Crippen LogP contribution in [0.3, 0.4) is 0 Å². The van der Waals surface area contributed by atoms with Crippen LogP contribution >= 0.6 is 11.3 Å². The van der Waals surface area contributed by atoms with E-state index in [1.165, 1.54) is 17.8 Å². The first-order chi connectivity index (χ1) is 13.1. The van der Waals surface area contributed by atoms with Crippen LogP contribution in [0.5, 0.6) is 0 Å². The third-order valence-electron chi connectivity index (χ3n) is 4.26. The highest BCUT2D eigenvalue weighted by Crippen LogP contribution is 2.44. The number of hydrogen-bond donors (Lipinski definition) is 1. The van der Waals surface area contributed by atoms with Crippen LogP contribution < -0.4 is 5.32 Å². The molecule has 0 unspecified atom stereocenters. The van der Waals surface area contributed by atoms with Crippen molar-refractivity contribution < 1.29 is 9.53 Å². The van der Waals surface area contributed by atoms with Crippen LogP contribution in [0.2, 0.25) is 0 Å². The summed E-state index contributed by atoms with van der Waals surface area (Å²) < 4.78 is 5.05. The van der Waals surface area contributed by atoms with Crippen molar-refractivity contribution in [1.29, 1.82) is 0 Å². The molecular weight excluding hydrogens is 360 g/mol. The van der Waals surface area contributed by atoms with Gasteiger partial charge in [-0.3, -0.25) is 0 Å². The van der Waals surface area contributed by atoms with Gasteiger partial charge in [0, 0.05) is 17.8 Å². The van der Waals surface area contributed by atoms with E-state index in [1.807, 2.05) is 19.1 Å². The first-order valence-electron chi connectivity index (χ1n) is 8.99. The van der Waals surface area contributed by atoms with Crippen LogP contribution in [0.4, 0.5) is 11.6 Å². The summed E-state index contributed by atoms with van der Waals surface area (Å²) in [5.74, 6) is 0.769. The summed E-state index contributed by atoms with van der Waals surface area (Å²) in [5, 5.41) is 4.37. The lowest BCUT2D eigenvalue weighted by Crippen LogP contribution is -2.05. The van der Waals surface area contributed by atoms with Gasteiger partial charge in [0.15, 0.2) is 0 Å².